The van der Waals surface area contributed by atoms with Crippen LogP contribution in [0, 0.1) is 0 Å². The Bertz CT molecular complexity index is 115. The maximum Gasteiger partial charge on any atom is 0.508 e. The molecule has 0 spiro atoms. The van der Waals surface area contributed by atoms with E-state index in [2.05, 4.69) is 13.8 Å². The van der Waals surface area contributed by atoms with Gasteiger partial charge in [0.2, 0.25) is 0 Å². The summed E-state index contributed by atoms with van der Waals surface area (Å²) >= 11 is 0. The van der Waals surface area contributed by atoms with Gasteiger partial charge in [0.15, 0.2) is 6.16 Å². The molecule has 0 fully saturated rings. The molecule has 1 atom stereocenters. The largest absolute Gasteiger partial charge is 0.508 e. The molecule has 72 valence electrons. The first kappa shape index (κ1) is 12.1. The maximum absolute atomic E-state index is 11.1. The van der Waals surface area contributed by atoms with Crippen molar-refractivity contribution < 1.29 is 9.09 Å². The van der Waals surface area contributed by atoms with E-state index in [0.29, 0.717) is 6.61 Å². The summed E-state index contributed by atoms with van der Waals surface area (Å²) in [5.41, 5.74) is 0. The highest BCUT2D eigenvalue weighted by molar-refractivity contribution is 7.39. The lowest BCUT2D eigenvalue weighted by Gasteiger charge is -1.91. The third kappa shape index (κ3) is 8.16. The van der Waals surface area contributed by atoms with E-state index >= 15 is 0 Å². The minimum Gasteiger partial charge on any atom is -0.146 e. The molecule has 12 heavy (non-hydrogen) atoms. The van der Waals surface area contributed by atoms with Gasteiger partial charge in [-0.25, -0.2) is 0 Å². The molecule has 0 aliphatic rings. The first-order valence-electron chi connectivity index (χ1n) is 4.88. The van der Waals surface area contributed by atoms with E-state index in [1.54, 1.807) is 0 Å². The fraction of sp³-hybridized carbons (Fsp3) is 1.00. The quantitative estimate of drug-likeness (QED) is 0.431. The topological polar surface area (TPSA) is 26.3 Å². The third-order valence-corrected chi connectivity index (χ3v) is 2.83. The zero-order chi connectivity index (χ0) is 9.23. The van der Waals surface area contributed by atoms with Crippen molar-refractivity contribution in [2.45, 2.75) is 46.0 Å². The Morgan fingerprint density at radius 1 is 1.08 bits per heavy atom. The second-order valence-corrected chi connectivity index (χ2v) is 4.32. The van der Waals surface area contributed by atoms with Crippen LogP contribution in [0.2, 0.25) is 0 Å². The third-order valence-electron chi connectivity index (χ3n) is 1.68. The molecule has 0 aromatic rings. The number of unbranched alkanes of at least 4 members (excludes halogenated alkanes) is 3. The molecule has 0 saturated heterocycles. The first-order valence-corrected chi connectivity index (χ1v) is 6.25. The number of hydrogen-bond acceptors (Lipinski definition) is 2. The molecule has 3 heteroatoms. The van der Waals surface area contributed by atoms with Crippen molar-refractivity contribution in [3.8, 4) is 0 Å². The Hall–Kier alpha value is 0.0600. The normalized spacial score (nSPS) is 11.7. The van der Waals surface area contributed by atoms with Crippen molar-refractivity contribution in [3.05, 3.63) is 0 Å². The van der Waals surface area contributed by atoms with Gasteiger partial charge in [0.25, 0.3) is 0 Å². The second-order valence-electron chi connectivity index (χ2n) is 2.95. The van der Waals surface area contributed by atoms with Gasteiger partial charge in [0, 0.05) is 0 Å². The zero-order valence-electron chi connectivity index (χ0n) is 8.21. The monoisotopic (exact) mass is 191 g/mol. The maximum atomic E-state index is 11.1. The van der Waals surface area contributed by atoms with Gasteiger partial charge in [-0.15, -0.1) is 4.52 Å². The highest BCUT2D eigenvalue weighted by Crippen LogP contribution is 2.23. The highest BCUT2D eigenvalue weighted by atomic mass is 31.1. The van der Waals surface area contributed by atoms with Gasteiger partial charge in [-0.2, -0.15) is 0 Å². The number of hydrogen-bond donors (Lipinski definition) is 0. The molecule has 0 rings (SSSR count). The molecule has 0 heterocycles. The standard InChI is InChI=1S/C9H20O2P/c1-3-5-7-8-11-12(10)9-6-4-2/h3-9H2,1-2H3/q+1. The summed E-state index contributed by atoms with van der Waals surface area (Å²) in [6, 6.07) is 0. The zero-order valence-corrected chi connectivity index (χ0v) is 9.11. The van der Waals surface area contributed by atoms with Crippen molar-refractivity contribution in [1.29, 1.82) is 0 Å². The van der Waals surface area contributed by atoms with Crippen molar-refractivity contribution in [3.63, 3.8) is 0 Å². The van der Waals surface area contributed by atoms with Gasteiger partial charge < -0.3 is 0 Å². The number of rotatable bonds is 8. The molecule has 1 unspecified atom stereocenters. The summed E-state index contributed by atoms with van der Waals surface area (Å²) in [6.07, 6.45) is 6.26. The van der Waals surface area contributed by atoms with Crippen LogP contribution < -0.4 is 0 Å². The van der Waals surface area contributed by atoms with Crippen LogP contribution in [0.4, 0.5) is 0 Å². The average Bonchev–Trinajstić information content (AvgIpc) is 2.09. The SMILES string of the molecule is CCCCCO[P+](=O)CCCC. The lowest BCUT2D eigenvalue weighted by atomic mass is 10.3. The lowest BCUT2D eigenvalue weighted by Crippen LogP contribution is -1.88. The minimum absolute atomic E-state index is 0.673. The predicted molar refractivity (Wildman–Crippen MR) is 52.9 cm³/mol. The molecule has 0 amide bonds. The summed E-state index contributed by atoms with van der Waals surface area (Å²) in [7, 11) is -1.35. The summed E-state index contributed by atoms with van der Waals surface area (Å²) in [4.78, 5) is 0. The van der Waals surface area contributed by atoms with Gasteiger partial charge in [-0.1, -0.05) is 33.1 Å². The van der Waals surface area contributed by atoms with Crippen molar-refractivity contribution >= 4 is 8.03 Å². The molecule has 0 aromatic carbocycles. The van der Waals surface area contributed by atoms with Crippen LogP contribution in [0.15, 0.2) is 0 Å². The van der Waals surface area contributed by atoms with Gasteiger partial charge in [-0.3, -0.25) is 0 Å². The Morgan fingerprint density at radius 2 is 1.75 bits per heavy atom. The molecule has 0 saturated carbocycles. The highest BCUT2D eigenvalue weighted by Gasteiger charge is 2.14. The molecule has 0 N–H and O–H groups in total. The van der Waals surface area contributed by atoms with Crippen molar-refractivity contribution in [1.82, 2.24) is 0 Å². The van der Waals surface area contributed by atoms with E-state index in [-0.39, 0.29) is 0 Å². The summed E-state index contributed by atoms with van der Waals surface area (Å²) < 4.78 is 16.2. The van der Waals surface area contributed by atoms with Crippen molar-refractivity contribution in [2.75, 3.05) is 12.8 Å². The van der Waals surface area contributed by atoms with Crippen LogP contribution in [-0.4, -0.2) is 12.8 Å². The van der Waals surface area contributed by atoms with E-state index in [4.69, 9.17) is 4.52 Å². The molecule has 0 bridgehead atoms. The van der Waals surface area contributed by atoms with Gasteiger partial charge in [0.1, 0.15) is 6.61 Å². The van der Waals surface area contributed by atoms with E-state index in [1.165, 1.54) is 12.8 Å². The average molecular weight is 191 g/mol. The van der Waals surface area contributed by atoms with Crippen LogP contribution >= 0.6 is 8.03 Å². The van der Waals surface area contributed by atoms with Crippen molar-refractivity contribution in [2.24, 2.45) is 0 Å². The van der Waals surface area contributed by atoms with Crippen LogP contribution in [0.25, 0.3) is 0 Å². The Morgan fingerprint density at radius 3 is 2.33 bits per heavy atom. The van der Waals surface area contributed by atoms with Crippen LogP contribution in [0.1, 0.15) is 46.0 Å². The van der Waals surface area contributed by atoms with Gasteiger partial charge >= 0.3 is 8.03 Å². The summed E-state index contributed by atoms with van der Waals surface area (Å²) in [6.45, 7) is 4.92. The van der Waals surface area contributed by atoms with Crippen LogP contribution in [0.3, 0.4) is 0 Å². The molecule has 0 aliphatic carbocycles. The summed E-state index contributed by atoms with van der Waals surface area (Å²) in [5.74, 6) is 0. The molecule has 0 aromatic heterocycles. The van der Waals surface area contributed by atoms with E-state index < -0.39 is 8.03 Å². The Labute approximate surface area is 76.6 Å². The smallest absolute Gasteiger partial charge is 0.146 e. The van der Waals surface area contributed by atoms with E-state index in [9.17, 15) is 4.57 Å². The fourth-order valence-corrected chi connectivity index (χ4v) is 1.91. The van der Waals surface area contributed by atoms with E-state index in [0.717, 1.165) is 25.4 Å². The van der Waals surface area contributed by atoms with Gasteiger partial charge in [0.05, 0.1) is 0 Å². The first-order chi connectivity index (χ1) is 5.81. The second kappa shape index (κ2) is 9.15. The fourth-order valence-electron chi connectivity index (χ4n) is 0.870. The minimum atomic E-state index is -1.35. The molecular formula is C9H20O2P+. The molecule has 0 radical (unpaired) electrons. The predicted octanol–water partition coefficient (Wildman–Crippen LogP) is 3.74. The van der Waals surface area contributed by atoms with Crippen LogP contribution in [0.5, 0.6) is 0 Å². The van der Waals surface area contributed by atoms with E-state index in [1.807, 2.05) is 0 Å². The Balaban J connectivity index is 3.08. The van der Waals surface area contributed by atoms with Crippen LogP contribution in [-0.2, 0) is 9.09 Å². The molecule has 2 nitrogen and oxygen atoms in total. The van der Waals surface area contributed by atoms with Gasteiger partial charge in [-0.05, 0) is 17.4 Å². The Kier molecular flexibility index (Phi) is 9.20. The lowest BCUT2D eigenvalue weighted by molar-refractivity contribution is 0.317. The molecule has 0 aliphatic heterocycles. The summed E-state index contributed by atoms with van der Waals surface area (Å²) in [5, 5.41) is 0. The molecular weight excluding hydrogens is 171 g/mol.